The molecule has 1 heterocycles. The quantitative estimate of drug-likeness (QED) is 0.796. The monoisotopic (exact) mass is 272 g/mol. The zero-order valence-corrected chi connectivity index (χ0v) is 12.2. The van der Waals surface area contributed by atoms with Crippen molar-refractivity contribution >= 4 is 17.7 Å². The maximum atomic E-state index is 12.3. The number of hydrogen-bond donors (Lipinski definition) is 2. The van der Waals surface area contributed by atoms with Gasteiger partial charge in [0.1, 0.15) is 0 Å². The van der Waals surface area contributed by atoms with E-state index < -0.39 is 5.60 Å². The molecule has 2 aliphatic rings. The normalized spacial score (nSPS) is 25.6. The Bertz CT molecular complexity index is 310. The molecule has 0 unspecified atom stereocenters. The summed E-state index contributed by atoms with van der Waals surface area (Å²) in [4.78, 5) is 14.3. The molecule has 1 amide bonds. The van der Waals surface area contributed by atoms with Crippen LogP contribution in [0.3, 0.4) is 0 Å². The highest BCUT2D eigenvalue weighted by atomic mass is 32.2. The fourth-order valence-corrected chi connectivity index (χ4v) is 3.98. The number of rotatable bonds is 4. The first-order valence-corrected chi connectivity index (χ1v) is 7.90. The van der Waals surface area contributed by atoms with Crippen LogP contribution in [0.2, 0.25) is 0 Å². The fraction of sp³-hybridized carbons (Fsp3) is 0.923. The lowest BCUT2D eigenvalue weighted by atomic mass is 9.75. The van der Waals surface area contributed by atoms with Crippen LogP contribution in [0, 0.1) is 0 Å². The highest BCUT2D eigenvalue weighted by Gasteiger charge is 2.46. The minimum absolute atomic E-state index is 0.0883. The average Bonchev–Trinajstić information content (AvgIpc) is 2.25. The molecule has 0 radical (unpaired) electrons. The van der Waals surface area contributed by atoms with E-state index in [-0.39, 0.29) is 11.4 Å². The van der Waals surface area contributed by atoms with Crippen LogP contribution in [0.5, 0.6) is 0 Å². The molecule has 18 heavy (non-hydrogen) atoms. The molecular formula is C13H24N2O2S. The van der Waals surface area contributed by atoms with Crippen molar-refractivity contribution in [3.63, 3.8) is 0 Å². The lowest BCUT2D eigenvalue weighted by molar-refractivity contribution is -0.138. The summed E-state index contributed by atoms with van der Waals surface area (Å²) < 4.78 is 0. The van der Waals surface area contributed by atoms with Crippen molar-refractivity contribution in [2.24, 2.45) is 0 Å². The Hall–Kier alpha value is -0.260. The van der Waals surface area contributed by atoms with E-state index >= 15 is 0 Å². The van der Waals surface area contributed by atoms with Gasteiger partial charge in [-0.15, -0.1) is 0 Å². The van der Waals surface area contributed by atoms with Crippen LogP contribution < -0.4 is 5.32 Å². The first kappa shape index (κ1) is 14.2. The van der Waals surface area contributed by atoms with Crippen molar-refractivity contribution in [2.75, 3.05) is 32.1 Å². The molecular weight excluding hydrogens is 248 g/mol. The Morgan fingerprint density at radius 3 is 2.33 bits per heavy atom. The van der Waals surface area contributed by atoms with Crippen LogP contribution in [-0.4, -0.2) is 59.2 Å². The van der Waals surface area contributed by atoms with E-state index in [2.05, 4.69) is 5.32 Å². The number of thioether (sulfide) groups is 1. The van der Waals surface area contributed by atoms with Gasteiger partial charge < -0.3 is 10.4 Å². The lowest BCUT2D eigenvalue weighted by Gasteiger charge is -2.46. The number of nitrogens with one attached hydrogen (secondary N) is 1. The topological polar surface area (TPSA) is 52.6 Å². The summed E-state index contributed by atoms with van der Waals surface area (Å²) in [5.74, 6) is 2.07. The molecule has 0 atom stereocenters. The van der Waals surface area contributed by atoms with Gasteiger partial charge in [-0.05, 0) is 57.7 Å². The SMILES string of the molecule is CN(C)C1(C(=O)NCC2(O)CCSCC2)CCC1. The molecule has 2 N–H and O–H groups in total. The van der Waals surface area contributed by atoms with Crippen LogP contribution in [0.15, 0.2) is 0 Å². The summed E-state index contributed by atoms with van der Waals surface area (Å²) in [5, 5.41) is 13.4. The second-order valence-corrected chi connectivity index (χ2v) is 7.02. The van der Waals surface area contributed by atoms with Gasteiger partial charge in [-0.1, -0.05) is 0 Å². The summed E-state index contributed by atoms with van der Waals surface area (Å²) in [6, 6.07) is 0. The molecule has 0 aromatic heterocycles. The van der Waals surface area contributed by atoms with E-state index in [0.29, 0.717) is 6.54 Å². The predicted molar refractivity (Wildman–Crippen MR) is 74.8 cm³/mol. The number of aliphatic hydroxyl groups is 1. The summed E-state index contributed by atoms with van der Waals surface area (Å²) >= 11 is 1.88. The molecule has 1 aliphatic heterocycles. The standard InChI is InChI=1S/C13H24N2O2S/c1-15(2)13(4-3-5-13)11(16)14-10-12(17)6-8-18-9-7-12/h17H,3-10H2,1-2H3,(H,14,16). The van der Waals surface area contributed by atoms with E-state index in [1.54, 1.807) is 0 Å². The van der Waals surface area contributed by atoms with E-state index in [1.807, 2.05) is 30.8 Å². The van der Waals surface area contributed by atoms with Gasteiger partial charge in [0.2, 0.25) is 5.91 Å². The molecule has 0 aromatic carbocycles. The van der Waals surface area contributed by atoms with Crippen molar-refractivity contribution < 1.29 is 9.90 Å². The van der Waals surface area contributed by atoms with Crippen LogP contribution >= 0.6 is 11.8 Å². The van der Waals surface area contributed by atoms with E-state index in [9.17, 15) is 9.90 Å². The lowest BCUT2D eigenvalue weighted by Crippen LogP contribution is -2.62. The zero-order valence-electron chi connectivity index (χ0n) is 11.4. The van der Waals surface area contributed by atoms with E-state index in [0.717, 1.165) is 43.6 Å². The molecule has 1 aliphatic carbocycles. The summed E-state index contributed by atoms with van der Waals surface area (Å²) in [7, 11) is 3.93. The molecule has 1 saturated heterocycles. The number of carbonyl (C=O) groups is 1. The molecule has 0 spiro atoms. The maximum Gasteiger partial charge on any atom is 0.240 e. The van der Waals surface area contributed by atoms with Crippen molar-refractivity contribution in [2.45, 2.75) is 43.2 Å². The van der Waals surface area contributed by atoms with Crippen LogP contribution in [-0.2, 0) is 4.79 Å². The Balaban J connectivity index is 1.87. The minimum atomic E-state index is -0.682. The Morgan fingerprint density at radius 1 is 1.28 bits per heavy atom. The van der Waals surface area contributed by atoms with Crippen molar-refractivity contribution in [3.8, 4) is 0 Å². The Labute approximate surface area is 113 Å². The van der Waals surface area contributed by atoms with Crippen molar-refractivity contribution in [1.29, 1.82) is 0 Å². The van der Waals surface area contributed by atoms with E-state index in [1.165, 1.54) is 0 Å². The number of hydrogen-bond acceptors (Lipinski definition) is 4. The second kappa shape index (κ2) is 5.39. The third kappa shape index (κ3) is 2.68. The summed E-state index contributed by atoms with van der Waals surface area (Å²) in [6.07, 6.45) is 4.55. The molecule has 0 bridgehead atoms. The first-order valence-electron chi connectivity index (χ1n) is 6.74. The first-order chi connectivity index (χ1) is 8.49. The zero-order chi connectivity index (χ0) is 13.2. The minimum Gasteiger partial charge on any atom is -0.388 e. The molecule has 4 nitrogen and oxygen atoms in total. The van der Waals surface area contributed by atoms with Gasteiger partial charge in [0.25, 0.3) is 0 Å². The number of amides is 1. The molecule has 2 rings (SSSR count). The van der Waals surface area contributed by atoms with Gasteiger partial charge in [-0.2, -0.15) is 11.8 Å². The maximum absolute atomic E-state index is 12.3. The van der Waals surface area contributed by atoms with Crippen LogP contribution in [0.1, 0.15) is 32.1 Å². The largest absolute Gasteiger partial charge is 0.388 e. The number of likely N-dealkylation sites (N-methyl/N-ethyl adjacent to an activating group) is 1. The van der Waals surface area contributed by atoms with Gasteiger partial charge in [-0.3, -0.25) is 9.69 Å². The van der Waals surface area contributed by atoms with Gasteiger partial charge >= 0.3 is 0 Å². The highest BCUT2D eigenvalue weighted by Crippen LogP contribution is 2.36. The Kier molecular flexibility index (Phi) is 4.24. The predicted octanol–water partition coefficient (Wildman–Crippen LogP) is 0.845. The molecule has 1 saturated carbocycles. The fourth-order valence-electron chi connectivity index (χ4n) is 2.73. The van der Waals surface area contributed by atoms with Crippen molar-refractivity contribution in [1.82, 2.24) is 10.2 Å². The van der Waals surface area contributed by atoms with Gasteiger partial charge in [0.15, 0.2) is 0 Å². The van der Waals surface area contributed by atoms with Crippen LogP contribution in [0.4, 0.5) is 0 Å². The number of nitrogens with zero attached hydrogens (tertiary/aromatic N) is 1. The smallest absolute Gasteiger partial charge is 0.240 e. The third-order valence-electron chi connectivity index (χ3n) is 4.46. The van der Waals surface area contributed by atoms with Gasteiger partial charge in [-0.25, -0.2) is 0 Å². The molecule has 5 heteroatoms. The average molecular weight is 272 g/mol. The third-order valence-corrected chi connectivity index (χ3v) is 5.45. The molecule has 2 fully saturated rings. The van der Waals surface area contributed by atoms with E-state index in [4.69, 9.17) is 0 Å². The van der Waals surface area contributed by atoms with Crippen LogP contribution in [0.25, 0.3) is 0 Å². The van der Waals surface area contributed by atoms with Gasteiger partial charge in [0, 0.05) is 6.54 Å². The molecule has 0 aromatic rings. The second-order valence-electron chi connectivity index (χ2n) is 5.80. The summed E-state index contributed by atoms with van der Waals surface area (Å²) in [6.45, 7) is 0.405. The van der Waals surface area contributed by atoms with Crippen molar-refractivity contribution in [3.05, 3.63) is 0 Å². The molecule has 104 valence electrons. The number of carbonyl (C=O) groups excluding carboxylic acids is 1. The summed E-state index contributed by atoms with van der Waals surface area (Å²) in [5.41, 5.74) is -1.00. The Morgan fingerprint density at radius 2 is 1.89 bits per heavy atom. The highest BCUT2D eigenvalue weighted by molar-refractivity contribution is 7.99. The van der Waals surface area contributed by atoms with Gasteiger partial charge in [0.05, 0.1) is 11.1 Å².